The molecule has 2 aliphatic heterocycles. The SMILES string of the molecule is CCc1ccccc1-n1c(C)cc(C=C2C(=N)N3C(C)=CSC3=NC2=O)c1C. The molecule has 0 unspecified atom stereocenters. The smallest absolute Gasteiger partial charge is 0.283 e. The van der Waals surface area contributed by atoms with E-state index in [9.17, 15) is 4.79 Å². The highest BCUT2D eigenvalue weighted by atomic mass is 32.2. The van der Waals surface area contributed by atoms with Crippen molar-refractivity contribution in [2.45, 2.75) is 34.1 Å². The largest absolute Gasteiger partial charge is 0.318 e. The Hall–Kier alpha value is -2.86. The molecule has 0 bridgehead atoms. The summed E-state index contributed by atoms with van der Waals surface area (Å²) in [5.74, 6) is -0.168. The number of aryl methyl sites for hydroxylation is 2. The van der Waals surface area contributed by atoms with Crippen molar-refractivity contribution in [2.75, 3.05) is 0 Å². The number of hydrogen-bond acceptors (Lipinski definition) is 3. The van der Waals surface area contributed by atoms with Gasteiger partial charge in [-0.3, -0.25) is 15.1 Å². The van der Waals surface area contributed by atoms with Gasteiger partial charge in [-0.2, -0.15) is 4.99 Å². The van der Waals surface area contributed by atoms with Crippen LogP contribution in [0.15, 0.2) is 52.0 Å². The van der Waals surface area contributed by atoms with Crippen molar-refractivity contribution in [3.63, 3.8) is 0 Å². The van der Waals surface area contributed by atoms with Crippen LogP contribution in [0.4, 0.5) is 0 Å². The molecule has 0 saturated heterocycles. The van der Waals surface area contributed by atoms with E-state index >= 15 is 0 Å². The number of nitrogens with zero attached hydrogens (tertiary/aromatic N) is 3. The van der Waals surface area contributed by atoms with Crippen molar-refractivity contribution >= 4 is 34.7 Å². The van der Waals surface area contributed by atoms with E-state index in [0.717, 1.165) is 34.8 Å². The molecule has 0 atom stereocenters. The van der Waals surface area contributed by atoms with Crippen molar-refractivity contribution in [1.82, 2.24) is 9.47 Å². The van der Waals surface area contributed by atoms with Crippen LogP contribution >= 0.6 is 11.8 Å². The quantitative estimate of drug-likeness (QED) is 0.764. The number of carbonyl (C=O) groups excluding carboxylic acids is 1. The second-order valence-corrected chi connectivity index (χ2v) is 7.80. The fourth-order valence-electron chi connectivity index (χ4n) is 3.73. The molecule has 0 fully saturated rings. The van der Waals surface area contributed by atoms with Crippen LogP contribution in [0.25, 0.3) is 11.8 Å². The van der Waals surface area contributed by atoms with Gasteiger partial charge in [0.1, 0.15) is 5.84 Å². The van der Waals surface area contributed by atoms with E-state index < -0.39 is 0 Å². The maximum Gasteiger partial charge on any atom is 0.283 e. The number of aromatic nitrogens is 1. The number of benzene rings is 1. The van der Waals surface area contributed by atoms with Crippen LogP contribution in [0.3, 0.4) is 0 Å². The lowest BCUT2D eigenvalue weighted by atomic mass is 10.1. The van der Waals surface area contributed by atoms with Gasteiger partial charge < -0.3 is 4.57 Å². The molecule has 1 aromatic heterocycles. The number of thioether (sulfide) groups is 1. The van der Waals surface area contributed by atoms with Crippen LogP contribution in [0.5, 0.6) is 0 Å². The van der Waals surface area contributed by atoms with Crippen molar-refractivity contribution in [3.05, 3.63) is 69.5 Å². The van der Waals surface area contributed by atoms with Gasteiger partial charge >= 0.3 is 0 Å². The number of carbonyl (C=O) groups is 1. The zero-order valence-corrected chi connectivity index (χ0v) is 17.2. The zero-order chi connectivity index (χ0) is 20.0. The zero-order valence-electron chi connectivity index (χ0n) is 16.4. The summed E-state index contributed by atoms with van der Waals surface area (Å²) < 4.78 is 2.22. The summed E-state index contributed by atoms with van der Waals surface area (Å²) in [6.45, 7) is 8.19. The Morgan fingerprint density at radius 3 is 2.71 bits per heavy atom. The highest BCUT2D eigenvalue weighted by Crippen LogP contribution is 2.33. The Kier molecular flexibility index (Phi) is 4.59. The van der Waals surface area contributed by atoms with E-state index in [1.54, 1.807) is 11.0 Å². The Labute approximate surface area is 169 Å². The summed E-state index contributed by atoms with van der Waals surface area (Å²) in [5, 5.41) is 11.0. The van der Waals surface area contributed by atoms with Gasteiger partial charge in [-0.15, -0.1) is 0 Å². The third-order valence-electron chi connectivity index (χ3n) is 5.17. The predicted molar refractivity (Wildman–Crippen MR) is 116 cm³/mol. The fourth-order valence-corrected chi connectivity index (χ4v) is 4.59. The molecular weight excluding hydrogens is 368 g/mol. The van der Waals surface area contributed by atoms with E-state index in [2.05, 4.69) is 47.7 Å². The molecule has 2 aliphatic rings. The van der Waals surface area contributed by atoms with Crippen LogP contribution in [-0.4, -0.2) is 26.4 Å². The minimum Gasteiger partial charge on any atom is -0.318 e. The maximum absolute atomic E-state index is 12.6. The number of rotatable bonds is 3. The normalized spacial score (nSPS) is 17.9. The van der Waals surface area contributed by atoms with Gasteiger partial charge in [-0.1, -0.05) is 36.9 Å². The van der Waals surface area contributed by atoms with Crippen molar-refractivity contribution in [1.29, 1.82) is 5.41 Å². The van der Waals surface area contributed by atoms with E-state index in [0.29, 0.717) is 10.7 Å². The van der Waals surface area contributed by atoms with Crippen molar-refractivity contribution in [3.8, 4) is 5.69 Å². The molecule has 4 rings (SSSR count). The van der Waals surface area contributed by atoms with Gasteiger partial charge in [-0.25, -0.2) is 0 Å². The first kappa shape index (κ1) is 18.5. The lowest BCUT2D eigenvalue weighted by Crippen LogP contribution is -2.37. The predicted octanol–water partition coefficient (Wildman–Crippen LogP) is 4.82. The number of para-hydroxylation sites is 1. The van der Waals surface area contributed by atoms with Gasteiger partial charge in [0.25, 0.3) is 5.91 Å². The molecule has 0 aliphatic carbocycles. The molecule has 0 saturated carbocycles. The van der Waals surface area contributed by atoms with Crippen LogP contribution in [0.2, 0.25) is 0 Å². The fraction of sp³-hybridized carbons (Fsp3) is 0.227. The van der Waals surface area contributed by atoms with E-state index in [1.807, 2.05) is 25.3 Å². The summed E-state index contributed by atoms with van der Waals surface area (Å²) in [6, 6.07) is 10.4. The van der Waals surface area contributed by atoms with Gasteiger partial charge in [0.15, 0.2) is 5.17 Å². The summed E-state index contributed by atoms with van der Waals surface area (Å²) in [7, 11) is 0. The number of nitrogens with one attached hydrogen (secondary N) is 1. The van der Waals surface area contributed by atoms with Gasteiger partial charge in [0, 0.05) is 22.8 Å². The average molecular weight is 391 g/mol. The number of amides is 1. The lowest BCUT2D eigenvalue weighted by molar-refractivity contribution is -0.114. The number of allylic oxidation sites excluding steroid dienone is 1. The topological polar surface area (TPSA) is 61.5 Å². The van der Waals surface area contributed by atoms with Gasteiger partial charge in [-0.05, 0) is 61.9 Å². The standard InChI is InChI=1S/C22H22N4OS/c1-5-16-8-6-7-9-19(16)25-13(2)10-17(15(25)4)11-18-20(23)26-14(3)12-28-22(26)24-21(18)27/h6-12,23H,5H2,1-4H3. The first-order chi connectivity index (χ1) is 13.4. The molecule has 0 spiro atoms. The summed E-state index contributed by atoms with van der Waals surface area (Å²) in [4.78, 5) is 18.5. The molecule has 1 N–H and O–H groups in total. The molecule has 6 heteroatoms. The third-order valence-corrected chi connectivity index (χ3v) is 6.11. The molecule has 5 nitrogen and oxygen atoms in total. The molecule has 1 aromatic carbocycles. The maximum atomic E-state index is 12.6. The van der Waals surface area contributed by atoms with E-state index in [-0.39, 0.29) is 11.7 Å². The third kappa shape index (κ3) is 2.85. The molecule has 142 valence electrons. The highest BCUT2D eigenvalue weighted by Gasteiger charge is 2.34. The number of fused-ring (bicyclic) bond motifs is 1. The molecule has 0 radical (unpaired) electrons. The number of hydrogen-bond donors (Lipinski definition) is 1. The Bertz CT molecular complexity index is 1100. The van der Waals surface area contributed by atoms with Crippen LogP contribution in [0, 0.1) is 19.3 Å². The van der Waals surface area contributed by atoms with Crippen LogP contribution < -0.4 is 0 Å². The summed E-state index contributed by atoms with van der Waals surface area (Å²) >= 11 is 1.38. The minimum atomic E-state index is -0.356. The first-order valence-electron chi connectivity index (χ1n) is 9.26. The van der Waals surface area contributed by atoms with Crippen LogP contribution in [0.1, 0.15) is 36.4 Å². The second-order valence-electron chi connectivity index (χ2n) is 6.96. The average Bonchev–Trinajstić information content (AvgIpc) is 3.17. The van der Waals surface area contributed by atoms with Gasteiger partial charge in [0.05, 0.1) is 5.57 Å². The molecule has 28 heavy (non-hydrogen) atoms. The monoisotopic (exact) mass is 390 g/mol. The van der Waals surface area contributed by atoms with E-state index in [1.165, 1.54) is 17.3 Å². The van der Waals surface area contributed by atoms with Crippen LogP contribution in [-0.2, 0) is 11.2 Å². The number of aliphatic imine (C=N–C) groups is 1. The molecule has 2 aromatic rings. The minimum absolute atomic E-state index is 0.188. The summed E-state index contributed by atoms with van der Waals surface area (Å²) in [5.41, 5.74) is 6.74. The first-order valence-corrected chi connectivity index (χ1v) is 10.1. The van der Waals surface area contributed by atoms with E-state index in [4.69, 9.17) is 5.41 Å². The van der Waals surface area contributed by atoms with Gasteiger partial charge in [0.2, 0.25) is 0 Å². The molecular formula is C22H22N4OS. The second kappa shape index (κ2) is 6.95. The highest BCUT2D eigenvalue weighted by molar-refractivity contribution is 8.16. The Balaban J connectivity index is 1.81. The van der Waals surface area contributed by atoms with Crippen molar-refractivity contribution in [2.24, 2.45) is 4.99 Å². The Morgan fingerprint density at radius 2 is 1.96 bits per heavy atom. The van der Waals surface area contributed by atoms with Crippen molar-refractivity contribution < 1.29 is 4.79 Å². The summed E-state index contributed by atoms with van der Waals surface area (Å²) in [6.07, 6.45) is 2.75. The molecule has 3 heterocycles. The Morgan fingerprint density at radius 1 is 1.21 bits per heavy atom. The number of amidine groups is 2. The lowest BCUT2D eigenvalue weighted by Gasteiger charge is -2.25. The molecule has 1 amide bonds.